The van der Waals surface area contributed by atoms with Crippen molar-refractivity contribution in [2.45, 2.75) is 19.6 Å². The molecule has 148 valence electrons. The molecule has 1 fully saturated rings. The Bertz CT molecular complexity index is 522. The SMILES string of the molecule is CCN1CCN(C[C@@H](O)COCc2cc(OC)c(OC)c(OC)c2)CC1. The molecule has 0 unspecified atom stereocenters. The Morgan fingerprint density at radius 1 is 0.962 bits per heavy atom. The highest BCUT2D eigenvalue weighted by Crippen LogP contribution is 2.38. The maximum atomic E-state index is 10.2. The quantitative estimate of drug-likeness (QED) is 0.666. The summed E-state index contributed by atoms with van der Waals surface area (Å²) in [7, 11) is 4.75. The summed E-state index contributed by atoms with van der Waals surface area (Å²) in [6.45, 7) is 8.71. The number of nitrogens with zero attached hydrogens (tertiary/aromatic N) is 2. The first-order valence-electron chi connectivity index (χ1n) is 9.10. The van der Waals surface area contributed by atoms with Gasteiger partial charge in [0.2, 0.25) is 5.75 Å². The van der Waals surface area contributed by atoms with Gasteiger partial charge in [-0.2, -0.15) is 0 Å². The number of aliphatic hydroxyl groups is 1. The number of hydrogen-bond acceptors (Lipinski definition) is 7. The van der Waals surface area contributed by atoms with Crippen molar-refractivity contribution >= 4 is 0 Å². The largest absolute Gasteiger partial charge is 0.493 e. The van der Waals surface area contributed by atoms with Crippen molar-refractivity contribution in [1.29, 1.82) is 0 Å². The summed E-state index contributed by atoms with van der Waals surface area (Å²) >= 11 is 0. The van der Waals surface area contributed by atoms with Crippen LogP contribution in [0.4, 0.5) is 0 Å². The van der Waals surface area contributed by atoms with E-state index in [4.69, 9.17) is 18.9 Å². The molecule has 1 aromatic carbocycles. The van der Waals surface area contributed by atoms with Crippen LogP contribution in [0.15, 0.2) is 12.1 Å². The summed E-state index contributed by atoms with van der Waals surface area (Å²) in [5.41, 5.74) is 0.906. The summed E-state index contributed by atoms with van der Waals surface area (Å²) < 4.78 is 21.7. The van der Waals surface area contributed by atoms with E-state index in [1.807, 2.05) is 12.1 Å². The Kier molecular flexibility index (Phi) is 8.44. The van der Waals surface area contributed by atoms with Crippen LogP contribution in [0.25, 0.3) is 0 Å². The number of β-amino-alcohol motifs (C(OH)–C–C–N with tert-alkyl or cyclic N) is 1. The van der Waals surface area contributed by atoms with Crippen LogP contribution in [-0.4, -0.2) is 88.2 Å². The van der Waals surface area contributed by atoms with Crippen molar-refractivity contribution < 1.29 is 24.1 Å². The highest BCUT2D eigenvalue weighted by Gasteiger charge is 2.18. The molecule has 0 saturated carbocycles. The van der Waals surface area contributed by atoms with Crippen molar-refractivity contribution in [3.05, 3.63) is 17.7 Å². The van der Waals surface area contributed by atoms with Crippen LogP contribution in [0.3, 0.4) is 0 Å². The number of likely N-dealkylation sites (N-methyl/N-ethyl adjacent to an activating group) is 1. The highest BCUT2D eigenvalue weighted by molar-refractivity contribution is 5.53. The average Bonchev–Trinajstić information content (AvgIpc) is 2.67. The monoisotopic (exact) mass is 368 g/mol. The molecule has 26 heavy (non-hydrogen) atoms. The Labute approximate surface area is 156 Å². The third-order valence-corrected chi connectivity index (χ3v) is 4.68. The lowest BCUT2D eigenvalue weighted by atomic mass is 10.2. The fourth-order valence-corrected chi connectivity index (χ4v) is 3.17. The van der Waals surface area contributed by atoms with Gasteiger partial charge in [-0.1, -0.05) is 6.92 Å². The zero-order valence-corrected chi connectivity index (χ0v) is 16.4. The molecule has 7 heteroatoms. The van der Waals surface area contributed by atoms with Crippen LogP contribution < -0.4 is 14.2 Å². The summed E-state index contributed by atoms with van der Waals surface area (Å²) in [5.74, 6) is 1.75. The first kappa shape index (κ1) is 20.8. The Morgan fingerprint density at radius 2 is 1.54 bits per heavy atom. The molecule has 1 saturated heterocycles. The molecule has 0 spiro atoms. The molecule has 0 bridgehead atoms. The van der Waals surface area contributed by atoms with Gasteiger partial charge in [0.05, 0.1) is 40.6 Å². The van der Waals surface area contributed by atoms with E-state index in [0.717, 1.165) is 38.3 Å². The molecule has 7 nitrogen and oxygen atoms in total. The molecule has 2 rings (SSSR count). The zero-order valence-electron chi connectivity index (χ0n) is 16.4. The van der Waals surface area contributed by atoms with Crippen LogP contribution in [0.5, 0.6) is 17.2 Å². The van der Waals surface area contributed by atoms with Crippen LogP contribution in [0, 0.1) is 0 Å². The topological polar surface area (TPSA) is 63.6 Å². The molecule has 0 aromatic heterocycles. The summed E-state index contributed by atoms with van der Waals surface area (Å²) in [5, 5.41) is 10.2. The molecule has 1 heterocycles. The van der Waals surface area contributed by atoms with E-state index < -0.39 is 6.10 Å². The summed E-state index contributed by atoms with van der Waals surface area (Å²) in [6.07, 6.45) is -0.495. The molecule has 0 aliphatic carbocycles. The third-order valence-electron chi connectivity index (χ3n) is 4.68. The van der Waals surface area contributed by atoms with Crippen LogP contribution in [-0.2, 0) is 11.3 Å². The lowest BCUT2D eigenvalue weighted by Gasteiger charge is -2.34. The lowest BCUT2D eigenvalue weighted by Crippen LogP contribution is -2.48. The van der Waals surface area contributed by atoms with E-state index in [0.29, 0.717) is 37.0 Å². The van der Waals surface area contributed by atoms with Gasteiger partial charge in [0, 0.05) is 32.7 Å². The van der Waals surface area contributed by atoms with Gasteiger partial charge in [-0.05, 0) is 24.2 Å². The van der Waals surface area contributed by atoms with Crippen LogP contribution in [0.2, 0.25) is 0 Å². The molecule has 1 N–H and O–H groups in total. The molecule has 1 atom stereocenters. The molecular formula is C19H32N2O5. The maximum absolute atomic E-state index is 10.2. The molecule has 1 aliphatic rings. The van der Waals surface area contributed by atoms with Crippen molar-refractivity contribution in [3.63, 3.8) is 0 Å². The van der Waals surface area contributed by atoms with Gasteiger partial charge in [0.15, 0.2) is 11.5 Å². The van der Waals surface area contributed by atoms with Crippen molar-refractivity contribution in [3.8, 4) is 17.2 Å². The second kappa shape index (κ2) is 10.6. The smallest absolute Gasteiger partial charge is 0.203 e. The highest BCUT2D eigenvalue weighted by atomic mass is 16.5. The minimum atomic E-state index is -0.495. The predicted molar refractivity (Wildman–Crippen MR) is 100 cm³/mol. The van der Waals surface area contributed by atoms with Crippen LogP contribution >= 0.6 is 0 Å². The van der Waals surface area contributed by atoms with Gasteiger partial charge in [0.25, 0.3) is 0 Å². The van der Waals surface area contributed by atoms with E-state index >= 15 is 0 Å². The second-order valence-corrected chi connectivity index (χ2v) is 6.44. The Balaban J connectivity index is 1.80. The fourth-order valence-electron chi connectivity index (χ4n) is 3.17. The Hall–Kier alpha value is -1.54. The van der Waals surface area contributed by atoms with E-state index in [2.05, 4.69) is 16.7 Å². The second-order valence-electron chi connectivity index (χ2n) is 6.44. The van der Waals surface area contributed by atoms with Gasteiger partial charge in [-0.3, -0.25) is 4.90 Å². The van der Waals surface area contributed by atoms with Crippen molar-refractivity contribution in [1.82, 2.24) is 9.80 Å². The van der Waals surface area contributed by atoms with E-state index in [9.17, 15) is 5.11 Å². The Morgan fingerprint density at radius 3 is 2.04 bits per heavy atom. The molecule has 1 aromatic rings. The molecule has 0 amide bonds. The summed E-state index contributed by atoms with van der Waals surface area (Å²) in [4.78, 5) is 4.71. The van der Waals surface area contributed by atoms with Crippen molar-refractivity contribution in [2.75, 3.05) is 67.2 Å². The van der Waals surface area contributed by atoms with Gasteiger partial charge in [0.1, 0.15) is 0 Å². The molecule has 0 radical (unpaired) electrons. The molecule has 1 aliphatic heterocycles. The summed E-state index contributed by atoms with van der Waals surface area (Å²) in [6, 6.07) is 3.72. The predicted octanol–water partition coefficient (Wildman–Crippen LogP) is 1.23. The van der Waals surface area contributed by atoms with Gasteiger partial charge in [-0.25, -0.2) is 0 Å². The maximum Gasteiger partial charge on any atom is 0.203 e. The number of piperazine rings is 1. The van der Waals surface area contributed by atoms with Gasteiger partial charge in [-0.15, -0.1) is 0 Å². The normalized spacial score (nSPS) is 17.1. The number of rotatable bonds is 10. The first-order valence-corrected chi connectivity index (χ1v) is 9.10. The number of hydrogen-bond donors (Lipinski definition) is 1. The van der Waals surface area contributed by atoms with Gasteiger partial charge < -0.3 is 29.0 Å². The third kappa shape index (κ3) is 5.74. The standard InChI is InChI=1S/C19H32N2O5/c1-5-20-6-8-21(9-7-20)12-16(22)14-26-13-15-10-17(23-2)19(25-4)18(11-15)24-3/h10-11,16,22H,5-9,12-14H2,1-4H3/t16-/m1/s1. The zero-order chi connectivity index (χ0) is 18.9. The first-order chi connectivity index (χ1) is 12.6. The number of benzene rings is 1. The number of aliphatic hydroxyl groups excluding tert-OH is 1. The van der Waals surface area contributed by atoms with Crippen molar-refractivity contribution in [2.24, 2.45) is 0 Å². The number of ether oxygens (including phenoxy) is 4. The minimum absolute atomic E-state index is 0.296. The van der Waals surface area contributed by atoms with E-state index in [1.165, 1.54) is 0 Å². The average molecular weight is 368 g/mol. The number of methoxy groups -OCH3 is 3. The van der Waals surface area contributed by atoms with Crippen LogP contribution in [0.1, 0.15) is 12.5 Å². The molecular weight excluding hydrogens is 336 g/mol. The van der Waals surface area contributed by atoms with E-state index in [1.54, 1.807) is 21.3 Å². The van der Waals surface area contributed by atoms with Gasteiger partial charge >= 0.3 is 0 Å². The minimum Gasteiger partial charge on any atom is -0.493 e. The van der Waals surface area contributed by atoms with E-state index in [-0.39, 0.29) is 0 Å². The lowest BCUT2D eigenvalue weighted by molar-refractivity contribution is 0.00170. The fraction of sp³-hybridized carbons (Fsp3) is 0.684.